The summed E-state index contributed by atoms with van der Waals surface area (Å²) in [4.78, 5) is 9.71. The maximum absolute atomic E-state index is 5.88. The van der Waals surface area contributed by atoms with Gasteiger partial charge in [0.15, 0.2) is 0 Å². The van der Waals surface area contributed by atoms with E-state index in [9.17, 15) is 0 Å². The molecule has 0 saturated heterocycles. The highest BCUT2D eigenvalue weighted by molar-refractivity contribution is 7.98. The molecule has 0 fully saturated rings. The first kappa shape index (κ1) is 13.1. The van der Waals surface area contributed by atoms with Gasteiger partial charge in [-0.05, 0) is 6.07 Å². The molecule has 0 atom stereocenters. The number of benzene rings is 1. The second kappa shape index (κ2) is 6.07. The Morgan fingerprint density at radius 1 is 1.15 bits per heavy atom. The molecule has 1 aromatic carbocycles. The standard InChI is InChI=1S/C15H13N3S2/c16-13-8-17-7-6-14(13)19-9-12-10-20-15(18-12)11-4-2-1-3-5-11/h1-8,10H,9,16H2. The van der Waals surface area contributed by atoms with Gasteiger partial charge in [0, 0.05) is 27.8 Å². The minimum atomic E-state index is 0.719. The van der Waals surface area contributed by atoms with Gasteiger partial charge in [-0.15, -0.1) is 23.1 Å². The fraction of sp³-hybridized carbons (Fsp3) is 0.0667. The van der Waals surface area contributed by atoms with Crippen molar-refractivity contribution in [3.8, 4) is 10.6 Å². The van der Waals surface area contributed by atoms with Gasteiger partial charge in [0.1, 0.15) is 5.01 Å². The molecule has 0 aliphatic heterocycles. The Balaban J connectivity index is 1.71. The van der Waals surface area contributed by atoms with Crippen molar-refractivity contribution < 1.29 is 0 Å². The highest BCUT2D eigenvalue weighted by Crippen LogP contribution is 2.29. The molecule has 0 aliphatic carbocycles. The number of pyridine rings is 1. The molecule has 3 rings (SSSR count). The maximum Gasteiger partial charge on any atom is 0.123 e. The van der Waals surface area contributed by atoms with E-state index in [1.165, 1.54) is 0 Å². The van der Waals surface area contributed by atoms with E-state index in [-0.39, 0.29) is 0 Å². The van der Waals surface area contributed by atoms with Crippen molar-refractivity contribution in [2.24, 2.45) is 0 Å². The molecule has 2 aromatic heterocycles. The third-order valence-corrected chi connectivity index (χ3v) is 4.82. The van der Waals surface area contributed by atoms with Crippen LogP contribution in [0.15, 0.2) is 59.1 Å². The Morgan fingerprint density at radius 3 is 2.80 bits per heavy atom. The lowest BCUT2D eigenvalue weighted by Crippen LogP contribution is -1.90. The summed E-state index contributed by atoms with van der Waals surface area (Å²) in [5.74, 6) is 0.817. The van der Waals surface area contributed by atoms with Gasteiger partial charge >= 0.3 is 0 Å². The molecule has 0 spiro atoms. The van der Waals surface area contributed by atoms with E-state index in [0.717, 1.165) is 32.6 Å². The van der Waals surface area contributed by atoms with Crippen molar-refractivity contribution in [1.29, 1.82) is 0 Å². The maximum atomic E-state index is 5.88. The van der Waals surface area contributed by atoms with Gasteiger partial charge in [0.05, 0.1) is 17.6 Å². The smallest absolute Gasteiger partial charge is 0.123 e. The number of anilines is 1. The van der Waals surface area contributed by atoms with Gasteiger partial charge in [0.2, 0.25) is 0 Å². The van der Waals surface area contributed by atoms with Gasteiger partial charge in [-0.25, -0.2) is 4.98 Å². The summed E-state index contributed by atoms with van der Waals surface area (Å²) >= 11 is 3.36. The number of nitrogen functional groups attached to an aromatic ring is 1. The fourth-order valence-electron chi connectivity index (χ4n) is 1.76. The average molecular weight is 299 g/mol. The van der Waals surface area contributed by atoms with Crippen LogP contribution in [0.25, 0.3) is 10.6 Å². The van der Waals surface area contributed by atoms with Crippen LogP contribution < -0.4 is 5.73 Å². The van der Waals surface area contributed by atoms with Crippen LogP contribution in [0.5, 0.6) is 0 Å². The number of nitrogens with two attached hydrogens (primary N) is 1. The number of thioether (sulfide) groups is 1. The van der Waals surface area contributed by atoms with Gasteiger partial charge in [0.25, 0.3) is 0 Å². The van der Waals surface area contributed by atoms with E-state index in [1.807, 2.05) is 24.3 Å². The highest BCUT2D eigenvalue weighted by Gasteiger charge is 2.06. The van der Waals surface area contributed by atoms with Crippen LogP contribution in [0.3, 0.4) is 0 Å². The zero-order valence-electron chi connectivity index (χ0n) is 10.7. The highest BCUT2D eigenvalue weighted by atomic mass is 32.2. The zero-order chi connectivity index (χ0) is 13.8. The van der Waals surface area contributed by atoms with Gasteiger partial charge < -0.3 is 5.73 Å². The minimum Gasteiger partial charge on any atom is -0.397 e. The summed E-state index contributed by atoms with van der Waals surface area (Å²) in [6.07, 6.45) is 3.44. The number of hydrogen-bond acceptors (Lipinski definition) is 5. The molecule has 0 radical (unpaired) electrons. The lowest BCUT2D eigenvalue weighted by Gasteiger charge is -2.02. The van der Waals surface area contributed by atoms with Crippen LogP contribution in [0.1, 0.15) is 5.69 Å². The number of thiazole rings is 1. The second-order valence-corrected chi connectivity index (χ2v) is 6.09. The van der Waals surface area contributed by atoms with Crippen molar-refractivity contribution in [3.05, 3.63) is 59.9 Å². The van der Waals surface area contributed by atoms with E-state index in [2.05, 4.69) is 27.5 Å². The molecule has 0 saturated carbocycles. The fourth-order valence-corrected chi connectivity index (χ4v) is 3.52. The summed E-state index contributed by atoms with van der Waals surface area (Å²) in [7, 11) is 0. The van der Waals surface area contributed by atoms with Crippen LogP contribution in [-0.2, 0) is 5.75 Å². The average Bonchev–Trinajstić information content (AvgIpc) is 2.96. The SMILES string of the molecule is Nc1cnccc1SCc1csc(-c2ccccc2)n1. The predicted molar refractivity (Wildman–Crippen MR) is 85.8 cm³/mol. The molecule has 5 heteroatoms. The quantitative estimate of drug-likeness (QED) is 0.738. The normalized spacial score (nSPS) is 10.6. The van der Waals surface area contributed by atoms with Crippen molar-refractivity contribution in [2.75, 3.05) is 5.73 Å². The molecule has 2 N–H and O–H groups in total. The Morgan fingerprint density at radius 2 is 2.00 bits per heavy atom. The molecule has 0 amide bonds. The minimum absolute atomic E-state index is 0.719. The van der Waals surface area contributed by atoms with Crippen LogP contribution in [-0.4, -0.2) is 9.97 Å². The van der Waals surface area contributed by atoms with E-state index >= 15 is 0 Å². The largest absolute Gasteiger partial charge is 0.397 e. The molecular formula is C15H13N3S2. The third kappa shape index (κ3) is 3.00. The first-order valence-corrected chi connectivity index (χ1v) is 8.01. The van der Waals surface area contributed by atoms with Crippen LogP contribution in [0, 0.1) is 0 Å². The Hall–Kier alpha value is -1.85. The molecule has 0 unspecified atom stereocenters. The van der Waals surface area contributed by atoms with E-state index in [0.29, 0.717) is 0 Å². The van der Waals surface area contributed by atoms with Crippen molar-refractivity contribution in [1.82, 2.24) is 9.97 Å². The van der Waals surface area contributed by atoms with Gasteiger partial charge in [-0.1, -0.05) is 30.3 Å². The molecule has 20 heavy (non-hydrogen) atoms. The summed E-state index contributed by atoms with van der Waals surface area (Å²) < 4.78 is 0. The van der Waals surface area contributed by atoms with Crippen LogP contribution >= 0.6 is 23.1 Å². The molecule has 3 aromatic rings. The van der Waals surface area contributed by atoms with Crippen molar-refractivity contribution in [2.45, 2.75) is 10.6 Å². The van der Waals surface area contributed by atoms with Gasteiger partial charge in [-0.2, -0.15) is 0 Å². The monoisotopic (exact) mass is 299 g/mol. The van der Waals surface area contributed by atoms with Gasteiger partial charge in [-0.3, -0.25) is 4.98 Å². The number of aromatic nitrogens is 2. The summed E-state index contributed by atoms with van der Waals surface area (Å²) in [5.41, 5.74) is 8.84. The topological polar surface area (TPSA) is 51.8 Å². The summed E-state index contributed by atoms with van der Waals surface area (Å²) in [6.45, 7) is 0. The van der Waals surface area contributed by atoms with E-state index in [1.54, 1.807) is 35.5 Å². The first-order chi connectivity index (χ1) is 9.83. The molecule has 0 aliphatic rings. The Bertz CT molecular complexity index is 695. The van der Waals surface area contributed by atoms with Crippen LogP contribution in [0.4, 0.5) is 5.69 Å². The number of rotatable bonds is 4. The molecule has 0 bridgehead atoms. The van der Waals surface area contributed by atoms with Crippen LogP contribution in [0.2, 0.25) is 0 Å². The van der Waals surface area contributed by atoms with Crippen molar-refractivity contribution in [3.63, 3.8) is 0 Å². The van der Waals surface area contributed by atoms with E-state index < -0.39 is 0 Å². The Kier molecular flexibility index (Phi) is 3.99. The Labute approximate surface area is 125 Å². The zero-order valence-corrected chi connectivity index (χ0v) is 12.3. The third-order valence-electron chi connectivity index (χ3n) is 2.76. The predicted octanol–water partition coefficient (Wildman–Crippen LogP) is 4.08. The van der Waals surface area contributed by atoms with E-state index in [4.69, 9.17) is 5.73 Å². The van der Waals surface area contributed by atoms with Crippen molar-refractivity contribution >= 4 is 28.8 Å². The second-order valence-electron chi connectivity index (χ2n) is 4.21. The summed E-state index contributed by atoms with van der Waals surface area (Å²) in [6, 6.07) is 12.2. The molecule has 3 nitrogen and oxygen atoms in total. The summed E-state index contributed by atoms with van der Waals surface area (Å²) in [5, 5.41) is 3.16. The molecule has 100 valence electrons. The molecular weight excluding hydrogens is 286 g/mol. The molecule has 2 heterocycles. The lowest BCUT2D eigenvalue weighted by molar-refractivity contribution is 1.22. The lowest BCUT2D eigenvalue weighted by atomic mass is 10.2. The number of hydrogen-bond donors (Lipinski definition) is 1. The number of nitrogens with zero attached hydrogens (tertiary/aromatic N) is 2. The first-order valence-electron chi connectivity index (χ1n) is 6.15.